The summed E-state index contributed by atoms with van der Waals surface area (Å²) in [6.45, 7) is 3.58. The number of hydrogen-bond donors (Lipinski definition) is 1. The molecule has 1 saturated heterocycles. The third-order valence-corrected chi connectivity index (χ3v) is 6.15. The van der Waals surface area contributed by atoms with E-state index in [4.69, 9.17) is 11.6 Å². The number of rotatable bonds is 3. The molecule has 1 heterocycles. The van der Waals surface area contributed by atoms with Gasteiger partial charge in [0.1, 0.15) is 6.04 Å². The summed E-state index contributed by atoms with van der Waals surface area (Å²) in [5, 5.41) is 9.61. The lowest BCUT2D eigenvalue weighted by Crippen LogP contribution is -2.42. The van der Waals surface area contributed by atoms with Crippen molar-refractivity contribution in [2.45, 2.75) is 31.2 Å². The summed E-state index contributed by atoms with van der Waals surface area (Å²) in [5.74, 6) is -1.32. The summed E-state index contributed by atoms with van der Waals surface area (Å²) in [5.41, 5.74) is 0.442. The second-order valence-electron chi connectivity index (χ2n) is 5.03. The van der Waals surface area contributed by atoms with Gasteiger partial charge in [0.2, 0.25) is 10.0 Å². The Morgan fingerprint density at radius 2 is 2.10 bits per heavy atom. The maximum atomic E-state index is 12.7. The normalized spacial score (nSPS) is 23.9. The second-order valence-corrected chi connectivity index (χ2v) is 7.29. The number of halogens is 1. The Hall–Kier alpha value is -1.11. The minimum Gasteiger partial charge on any atom is -0.480 e. The Morgan fingerprint density at radius 3 is 2.70 bits per heavy atom. The van der Waals surface area contributed by atoms with Crippen molar-refractivity contribution in [3.05, 3.63) is 28.8 Å². The fourth-order valence-corrected chi connectivity index (χ4v) is 4.71. The van der Waals surface area contributed by atoms with E-state index in [1.165, 1.54) is 6.07 Å². The van der Waals surface area contributed by atoms with E-state index in [1.54, 1.807) is 26.0 Å². The van der Waals surface area contributed by atoms with Gasteiger partial charge in [-0.3, -0.25) is 4.79 Å². The van der Waals surface area contributed by atoms with Crippen LogP contribution in [0.5, 0.6) is 0 Å². The zero-order valence-electron chi connectivity index (χ0n) is 11.2. The molecule has 0 bridgehead atoms. The number of carboxylic acid groups (broad SMARTS) is 1. The molecule has 20 heavy (non-hydrogen) atoms. The van der Waals surface area contributed by atoms with Crippen LogP contribution in [0.1, 0.15) is 18.9 Å². The lowest BCUT2D eigenvalue weighted by atomic mass is 10.0. The molecule has 1 aromatic carbocycles. The zero-order valence-corrected chi connectivity index (χ0v) is 12.8. The van der Waals surface area contributed by atoms with Crippen molar-refractivity contribution in [1.82, 2.24) is 4.31 Å². The van der Waals surface area contributed by atoms with Crippen LogP contribution in [-0.2, 0) is 14.8 Å². The van der Waals surface area contributed by atoms with Crippen LogP contribution < -0.4 is 0 Å². The fourth-order valence-electron chi connectivity index (χ4n) is 2.54. The number of carboxylic acids is 1. The number of benzene rings is 1. The Bertz CT molecular complexity index is 644. The molecule has 0 aromatic heterocycles. The van der Waals surface area contributed by atoms with Crippen LogP contribution in [0.15, 0.2) is 23.1 Å². The van der Waals surface area contributed by atoms with Gasteiger partial charge in [0.25, 0.3) is 0 Å². The van der Waals surface area contributed by atoms with E-state index in [-0.39, 0.29) is 17.4 Å². The minimum atomic E-state index is -3.85. The summed E-state index contributed by atoms with van der Waals surface area (Å²) >= 11 is 5.95. The Balaban J connectivity index is 2.50. The van der Waals surface area contributed by atoms with Crippen molar-refractivity contribution in [2.24, 2.45) is 5.92 Å². The summed E-state index contributed by atoms with van der Waals surface area (Å²) in [6.07, 6.45) is 0.538. The molecule has 1 aliphatic rings. The molecule has 1 fully saturated rings. The number of sulfonamides is 1. The average molecular weight is 318 g/mol. The second kappa shape index (κ2) is 5.35. The van der Waals surface area contributed by atoms with Crippen LogP contribution >= 0.6 is 11.6 Å². The maximum absolute atomic E-state index is 12.7. The number of hydrogen-bond acceptors (Lipinski definition) is 3. The van der Waals surface area contributed by atoms with E-state index >= 15 is 0 Å². The highest BCUT2D eigenvalue weighted by molar-refractivity contribution is 7.89. The molecule has 0 amide bonds. The monoisotopic (exact) mass is 317 g/mol. The van der Waals surface area contributed by atoms with E-state index in [1.807, 2.05) is 0 Å². The largest absolute Gasteiger partial charge is 0.480 e. The van der Waals surface area contributed by atoms with E-state index in [2.05, 4.69) is 0 Å². The summed E-state index contributed by atoms with van der Waals surface area (Å²) in [7, 11) is -3.85. The topological polar surface area (TPSA) is 74.7 Å². The minimum absolute atomic E-state index is 0.0744. The van der Waals surface area contributed by atoms with Gasteiger partial charge in [0.05, 0.1) is 4.90 Å². The molecule has 0 aliphatic carbocycles. The predicted octanol–water partition coefficient (Wildman–Crippen LogP) is 2.13. The first kappa shape index (κ1) is 15.3. The van der Waals surface area contributed by atoms with E-state index in [9.17, 15) is 18.3 Å². The van der Waals surface area contributed by atoms with Gasteiger partial charge >= 0.3 is 5.97 Å². The Morgan fingerprint density at radius 1 is 1.45 bits per heavy atom. The molecule has 110 valence electrons. The van der Waals surface area contributed by atoms with E-state index in [0.29, 0.717) is 17.0 Å². The van der Waals surface area contributed by atoms with Crippen LogP contribution in [0, 0.1) is 12.8 Å². The van der Waals surface area contributed by atoms with Crippen molar-refractivity contribution in [3.8, 4) is 0 Å². The molecule has 0 saturated carbocycles. The third kappa shape index (κ3) is 2.43. The van der Waals surface area contributed by atoms with Crippen molar-refractivity contribution >= 4 is 27.6 Å². The lowest BCUT2D eigenvalue weighted by molar-refractivity contribution is -0.141. The van der Waals surface area contributed by atoms with Crippen LogP contribution in [0.25, 0.3) is 0 Å². The van der Waals surface area contributed by atoms with Crippen molar-refractivity contribution in [1.29, 1.82) is 0 Å². The van der Waals surface area contributed by atoms with Gasteiger partial charge in [0.15, 0.2) is 0 Å². The molecule has 0 spiro atoms. The summed E-state index contributed by atoms with van der Waals surface area (Å²) < 4.78 is 26.4. The number of carbonyl (C=O) groups is 1. The molecule has 1 aromatic rings. The predicted molar refractivity (Wildman–Crippen MR) is 75.3 cm³/mol. The summed E-state index contributed by atoms with van der Waals surface area (Å²) in [6, 6.07) is 3.60. The Labute approximate surface area is 123 Å². The highest BCUT2D eigenvalue weighted by Gasteiger charge is 2.44. The van der Waals surface area contributed by atoms with Gasteiger partial charge in [-0.05, 0) is 37.0 Å². The molecular weight excluding hydrogens is 302 g/mol. The smallest absolute Gasteiger partial charge is 0.322 e. The zero-order chi connectivity index (χ0) is 15.1. The average Bonchev–Trinajstić information content (AvgIpc) is 2.75. The maximum Gasteiger partial charge on any atom is 0.322 e. The highest BCUT2D eigenvalue weighted by atomic mass is 35.5. The van der Waals surface area contributed by atoms with Gasteiger partial charge < -0.3 is 5.11 Å². The SMILES string of the molecule is Cc1c(Cl)cccc1S(=O)(=O)N1CCC(C)C1C(=O)O. The third-order valence-electron chi connectivity index (χ3n) is 3.71. The molecule has 2 atom stereocenters. The number of aliphatic carboxylic acids is 1. The molecule has 2 unspecified atom stereocenters. The molecule has 2 rings (SSSR count). The lowest BCUT2D eigenvalue weighted by Gasteiger charge is -2.23. The molecule has 0 radical (unpaired) electrons. The van der Waals surface area contributed by atoms with Crippen LogP contribution in [0.3, 0.4) is 0 Å². The molecule has 1 aliphatic heterocycles. The first-order valence-electron chi connectivity index (χ1n) is 6.26. The van der Waals surface area contributed by atoms with E-state index < -0.39 is 22.0 Å². The van der Waals surface area contributed by atoms with Crippen molar-refractivity contribution in [2.75, 3.05) is 6.54 Å². The van der Waals surface area contributed by atoms with Gasteiger partial charge in [-0.2, -0.15) is 4.31 Å². The van der Waals surface area contributed by atoms with Gasteiger partial charge in [-0.25, -0.2) is 8.42 Å². The van der Waals surface area contributed by atoms with Crippen LogP contribution in [0.4, 0.5) is 0 Å². The molecule has 5 nitrogen and oxygen atoms in total. The highest BCUT2D eigenvalue weighted by Crippen LogP contribution is 2.32. The summed E-state index contributed by atoms with van der Waals surface area (Å²) in [4.78, 5) is 11.4. The molecular formula is C13H16ClNO4S. The van der Waals surface area contributed by atoms with Crippen LogP contribution in [-0.4, -0.2) is 36.4 Å². The standard InChI is InChI=1S/C13H16ClNO4S/c1-8-6-7-15(12(8)13(16)17)20(18,19)11-5-3-4-10(14)9(11)2/h3-5,8,12H,6-7H2,1-2H3,(H,16,17). The van der Waals surface area contributed by atoms with Crippen LogP contribution in [0.2, 0.25) is 5.02 Å². The molecule has 7 heteroatoms. The first-order valence-corrected chi connectivity index (χ1v) is 8.08. The van der Waals surface area contributed by atoms with Crippen molar-refractivity contribution < 1.29 is 18.3 Å². The van der Waals surface area contributed by atoms with E-state index in [0.717, 1.165) is 4.31 Å². The number of nitrogens with zero attached hydrogens (tertiary/aromatic N) is 1. The first-order chi connectivity index (χ1) is 9.26. The Kier molecular flexibility index (Phi) is 4.09. The van der Waals surface area contributed by atoms with Gasteiger partial charge in [-0.15, -0.1) is 0 Å². The van der Waals surface area contributed by atoms with Gasteiger partial charge in [-0.1, -0.05) is 24.6 Å². The van der Waals surface area contributed by atoms with Crippen molar-refractivity contribution in [3.63, 3.8) is 0 Å². The fraction of sp³-hybridized carbons (Fsp3) is 0.462. The quantitative estimate of drug-likeness (QED) is 0.926. The molecule has 1 N–H and O–H groups in total. The van der Waals surface area contributed by atoms with Gasteiger partial charge in [0, 0.05) is 11.6 Å².